The zero-order valence-corrected chi connectivity index (χ0v) is 19.0. The van der Waals surface area contributed by atoms with Crippen molar-refractivity contribution in [2.75, 3.05) is 4.90 Å². The second-order valence-corrected chi connectivity index (χ2v) is 8.84. The van der Waals surface area contributed by atoms with Crippen molar-refractivity contribution in [2.24, 2.45) is 0 Å². The van der Waals surface area contributed by atoms with Gasteiger partial charge in [0.1, 0.15) is 12.4 Å². The summed E-state index contributed by atoms with van der Waals surface area (Å²) >= 11 is 10.7. The molecule has 156 valence electrons. The number of anilines is 1. The van der Waals surface area contributed by atoms with Gasteiger partial charge in [-0.25, -0.2) is 9.29 Å². The van der Waals surface area contributed by atoms with Crippen LogP contribution >= 0.6 is 39.3 Å². The Labute approximate surface area is 195 Å². The maximum Gasteiger partial charge on any atom is 0.298 e. The number of hydrogen-bond acceptors (Lipinski definition) is 4. The lowest BCUT2D eigenvalue weighted by Gasteiger charge is -2.12. The quantitative estimate of drug-likeness (QED) is 0.339. The average Bonchev–Trinajstić information content (AvgIpc) is 3.02. The lowest BCUT2D eigenvalue weighted by Crippen LogP contribution is -2.27. The first-order valence-corrected chi connectivity index (χ1v) is 11.1. The molecule has 0 unspecified atom stereocenters. The summed E-state index contributed by atoms with van der Waals surface area (Å²) in [5.74, 6) is -0.269. The number of thioether (sulfide) groups is 1. The van der Waals surface area contributed by atoms with Crippen LogP contribution in [-0.2, 0) is 11.4 Å². The minimum Gasteiger partial charge on any atom is -0.486 e. The van der Waals surface area contributed by atoms with E-state index >= 15 is 0 Å². The number of carbonyl (C=O) groups is 2. The fourth-order valence-electron chi connectivity index (χ4n) is 2.96. The van der Waals surface area contributed by atoms with Crippen molar-refractivity contribution in [3.05, 3.63) is 98.1 Å². The number of carbonyl (C=O) groups excluding carboxylic acids is 2. The molecule has 0 bridgehead atoms. The molecule has 8 heteroatoms. The van der Waals surface area contributed by atoms with E-state index in [4.69, 9.17) is 16.3 Å². The number of nitrogens with zero attached hydrogens (tertiary/aromatic N) is 1. The lowest BCUT2D eigenvalue weighted by atomic mass is 10.2. The van der Waals surface area contributed by atoms with Crippen LogP contribution in [0.4, 0.5) is 14.9 Å². The van der Waals surface area contributed by atoms with E-state index in [2.05, 4.69) is 15.9 Å². The van der Waals surface area contributed by atoms with E-state index in [0.717, 1.165) is 22.2 Å². The van der Waals surface area contributed by atoms with Crippen molar-refractivity contribution in [3.8, 4) is 5.75 Å². The number of rotatable bonds is 5. The first-order chi connectivity index (χ1) is 14.9. The van der Waals surface area contributed by atoms with E-state index in [-0.39, 0.29) is 23.6 Å². The van der Waals surface area contributed by atoms with Gasteiger partial charge in [0.05, 0.1) is 20.1 Å². The van der Waals surface area contributed by atoms with Gasteiger partial charge in [-0.2, -0.15) is 0 Å². The molecule has 1 heterocycles. The second-order valence-electron chi connectivity index (χ2n) is 6.58. The fraction of sp³-hybridized carbons (Fsp3) is 0.0435. The van der Waals surface area contributed by atoms with Gasteiger partial charge in [-0.15, -0.1) is 0 Å². The zero-order valence-electron chi connectivity index (χ0n) is 15.8. The van der Waals surface area contributed by atoms with Crippen LogP contribution in [0.1, 0.15) is 11.1 Å². The number of halogens is 3. The molecule has 0 atom stereocenters. The number of para-hydroxylation sites is 1. The van der Waals surface area contributed by atoms with Crippen LogP contribution in [0.15, 0.2) is 76.1 Å². The molecular formula is C23H14BrClFNO3S. The SMILES string of the molecule is O=C1S/C(=C\c2cc(Cl)c(OCc3ccc(F)cc3)c(Br)c2)C(=O)N1c1ccccc1. The van der Waals surface area contributed by atoms with Gasteiger partial charge in [0.15, 0.2) is 5.75 Å². The summed E-state index contributed by atoms with van der Waals surface area (Å²) in [4.78, 5) is 26.6. The molecule has 3 aromatic carbocycles. The highest BCUT2D eigenvalue weighted by Crippen LogP contribution is 2.39. The van der Waals surface area contributed by atoms with Crippen LogP contribution in [0.25, 0.3) is 6.08 Å². The third-order valence-corrected chi connectivity index (χ3v) is 6.16. The third kappa shape index (κ3) is 4.84. The van der Waals surface area contributed by atoms with E-state index in [0.29, 0.717) is 31.4 Å². The molecular weight excluding hydrogens is 505 g/mol. The molecule has 0 spiro atoms. The number of ether oxygens (including phenoxy) is 1. The summed E-state index contributed by atoms with van der Waals surface area (Å²) in [5.41, 5.74) is 1.96. The Hall–Kier alpha value is -2.61. The van der Waals surface area contributed by atoms with E-state index in [1.165, 1.54) is 12.1 Å². The van der Waals surface area contributed by atoms with Crippen molar-refractivity contribution < 1.29 is 18.7 Å². The Balaban J connectivity index is 1.54. The molecule has 2 amide bonds. The highest BCUT2D eigenvalue weighted by atomic mass is 79.9. The minimum atomic E-state index is -0.384. The topological polar surface area (TPSA) is 46.6 Å². The first-order valence-electron chi connectivity index (χ1n) is 9.11. The second kappa shape index (κ2) is 9.26. The number of amides is 2. The van der Waals surface area contributed by atoms with Gasteiger partial charge in [-0.05, 0) is 81.3 Å². The van der Waals surface area contributed by atoms with Crippen LogP contribution in [0.3, 0.4) is 0 Å². The van der Waals surface area contributed by atoms with Gasteiger partial charge in [0.2, 0.25) is 0 Å². The molecule has 4 rings (SSSR count). The molecule has 0 aromatic heterocycles. The smallest absolute Gasteiger partial charge is 0.298 e. The molecule has 0 radical (unpaired) electrons. The third-order valence-electron chi connectivity index (χ3n) is 4.42. The molecule has 1 aliphatic rings. The Kier molecular flexibility index (Phi) is 6.46. The molecule has 3 aromatic rings. The van der Waals surface area contributed by atoms with Crippen molar-refractivity contribution in [3.63, 3.8) is 0 Å². The van der Waals surface area contributed by atoms with Gasteiger partial charge < -0.3 is 4.74 Å². The van der Waals surface area contributed by atoms with E-state index in [9.17, 15) is 14.0 Å². The Bertz CT molecular complexity index is 1160. The van der Waals surface area contributed by atoms with E-state index in [1.807, 2.05) is 6.07 Å². The van der Waals surface area contributed by atoms with Gasteiger partial charge in [-0.3, -0.25) is 9.59 Å². The minimum absolute atomic E-state index is 0.216. The molecule has 4 nitrogen and oxygen atoms in total. The van der Waals surface area contributed by atoms with Gasteiger partial charge in [0, 0.05) is 0 Å². The van der Waals surface area contributed by atoms with Gasteiger partial charge in [-0.1, -0.05) is 41.9 Å². The molecule has 0 saturated carbocycles. The highest BCUT2D eigenvalue weighted by molar-refractivity contribution is 9.10. The van der Waals surface area contributed by atoms with Crippen molar-refractivity contribution in [1.29, 1.82) is 0 Å². The largest absolute Gasteiger partial charge is 0.486 e. The maximum absolute atomic E-state index is 13.0. The summed E-state index contributed by atoms with van der Waals surface area (Å²) < 4.78 is 19.4. The van der Waals surface area contributed by atoms with E-state index in [1.54, 1.807) is 54.6 Å². The maximum atomic E-state index is 13.0. The monoisotopic (exact) mass is 517 g/mol. The van der Waals surface area contributed by atoms with Gasteiger partial charge in [0.25, 0.3) is 11.1 Å². The Morgan fingerprint density at radius 3 is 2.45 bits per heavy atom. The molecule has 0 aliphatic carbocycles. The number of imide groups is 1. The fourth-order valence-corrected chi connectivity index (χ4v) is 4.79. The Morgan fingerprint density at radius 2 is 1.77 bits per heavy atom. The molecule has 31 heavy (non-hydrogen) atoms. The summed E-state index contributed by atoms with van der Waals surface area (Å²) in [5, 5.41) is -0.0168. The summed E-state index contributed by atoms with van der Waals surface area (Å²) in [6.45, 7) is 0.216. The standard InChI is InChI=1S/C23H14BrClFNO3S/c24-18-10-15(11-19(25)21(18)30-13-14-6-8-16(26)9-7-14)12-20-22(28)27(23(29)31-20)17-4-2-1-3-5-17/h1-12H,13H2/b20-12-. The molecule has 1 saturated heterocycles. The summed E-state index contributed by atoms with van der Waals surface area (Å²) in [6, 6.07) is 18.2. The Morgan fingerprint density at radius 1 is 1.06 bits per heavy atom. The predicted octanol–water partition coefficient (Wildman–Crippen LogP) is 7.06. The van der Waals surface area contributed by atoms with Gasteiger partial charge >= 0.3 is 0 Å². The molecule has 0 N–H and O–H groups in total. The summed E-state index contributed by atoms with van der Waals surface area (Å²) in [6.07, 6.45) is 1.62. The number of hydrogen-bond donors (Lipinski definition) is 0. The molecule has 1 aliphatic heterocycles. The van der Waals surface area contributed by atoms with E-state index < -0.39 is 0 Å². The van der Waals surface area contributed by atoms with Crippen LogP contribution < -0.4 is 9.64 Å². The van der Waals surface area contributed by atoms with Crippen LogP contribution in [0.5, 0.6) is 5.75 Å². The summed E-state index contributed by atoms with van der Waals surface area (Å²) in [7, 11) is 0. The molecule has 1 fully saturated rings. The normalized spacial score (nSPS) is 15.1. The van der Waals surface area contributed by atoms with Crippen LogP contribution in [0.2, 0.25) is 5.02 Å². The number of benzene rings is 3. The zero-order chi connectivity index (χ0) is 22.0. The first kappa shape index (κ1) is 21.6. The van der Waals surface area contributed by atoms with Crippen molar-refractivity contribution >= 4 is 62.2 Å². The van der Waals surface area contributed by atoms with Crippen LogP contribution in [-0.4, -0.2) is 11.1 Å². The average molecular weight is 519 g/mol. The lowest BCUT2D eigenvalue weighted by molar-refractivity contribution is -0.113. The van der Waals surface area contributed by atoms with Crippen LogP contribution in [0, 0.1) is 5.82 Å². The van der Waals surface area contributed by atoms with Crippen molar-refractivity contribution in [1.82, 2.24) is 0 Å². The predicted molar refractivity (Wildman–Crippen MR) is 125 cm³/mol. The van der Waals surface area contributed by atoms with Crippen molar-refractivity contribution in [2.45, 2.75) is 6.61 Å². The highest BCUT2D eigenvalue weighted by Gasteiger charge is 2.36.